The molecule has 0 radical (unpaired) electrons. The van der Waals surface area contributed by atoms with Crippen molar-refractivity contribution in [2.75, 3.05) is 6.61 Å². The van der Waals surface area contributed by atoms with Gasteiger partial charge < -0.3 is 14.2 Å². The van der Waals surface area contributed by atoms with E-state index in [0.29, 0.717) is 17.1 Å². The third kappa shape index (κ3) is 6.40. The van der Waals surface area contributed by atoms with Gasteiger partial charge in [0.05, 0.1) is 17.8 Å². The number of para-hydroxylation sites is 2. The number of carbonyl (C=O) groups excluding carboxylic acids is 1. The summed E-state index contributed by atoms with van der Waals surface area (Å²) in [5.74, 6) is 0.627. The van der Waals surface area contributed by atoms with Crippen LogP contribution in [0.5, 0.6) is 11.5 Å². The van der Waals surface area contributed by atoms with Gasteiger partial charge >= 0.3 is 5.97 Å². The van der Waals surface area contributed by atoms with Crippen LogP contribution in [0.3, 0.4) is 0 Å². The molecule has 2 atom stereocenters. The Morgan fingerprint density at radius 3 is 2.22 bits per heavy atom. The van der Waals surface area contributed by atoms with Crippen LogP contribution in [0.25, 0.3) is 0 Å². The van der Waals surface area contributed by atoms with Gasteiger partial charge in [-0.1, -0.05) is 44.5 Å². The lowest BCUT2D eigenvalue weighted by molar-refractivity contribution is 0.0660. The molecule has 2 rings (SSSR count). The summed E-state index contributed by atoms with van der Waals surface area (Å²) < 4.78 is 17.2. The molecule has 0 aliphatic carbocycles. The molecule has 2 unspecified atom stereocenters. The van der Waals surface area contributed by atoms with E-state index in [9.17, 15) is 4.79 Å². The van der Waals surface area contributed by atoms with Crippen LogP contribution in [0.1, 0.15) is 69.0 Å². The maximum atomic E-state index is 12.5. The van der Waals surface area contributed by atoms with Crippen molar-refractivity contribution < 1.29 is 19.0 Å². The summed E-state index contributed by atoms with van der Waals surface area (Å²) >= 11 is 0. The van der Waals surface area contributed by atoms with Crippen LogP contribution in [0.4, 0.5) is 0 Å². The van der Waals surface area contributed by atoms with E-state index in [1.807, 2.05) is 44.2 Å². The first-order valence-electron chi connectivity index (χ1n) is 9.74. The maximum Gasteiger partial charge on any atom is 0.343 e. The molecule has 0 spiro atoms. The molecule has 0 heterocycles. The first kappa shape index (κ1) is 21.0. The molecule has 2 aromatic carbocycles. The van der Waals surface area contributed by atoms with Crippen molar-refractivity contribution in [1.82, 2.24) is 0 Å². The molecule has 4 nitrogen and oxygen atoms in total. The average Bonchev–Trinajstić information content (AvgIpc) is 2.68. The molecule has 0 aliphatic rings. The van der Waals surface area contributed by atoms with E-state index < -0.39 is 5.97 Å². The second kappa shape index (κ2) is 10.7. The highest BCUT2D eigenvalue weighted by molar-refractivity contribution is 5.91. The molecule has 27 heavy (non-hydrogen) atoms. The topological polar surface area (TPSA) is 44.8 Å². The van der Waals surface area contributed by atoms with Crippen LogP contribution in [0.15, 0.2) is 48.5 Å². The van der Waals surface area contributed by atoms with E-state index in [1.54, 1.807) is 18.2 Å². The largest absolute Gasteiger partial charge is 0.487 e. The summed E-state index contributed by atoms with van der Waals surface area (Å²) in [4.78, 5) is 12.5. The molecule has 0 N–H and O–H groups in total. The zero-order valence-corrected chi connectivity index (χ0v) is 16.7. The Morgan fingerprint density at radius 2 is 1.59 bits per heavy atom. The van der Waals surface area contributed by atoms with E-state index >= 15 is 0 Å². The van der Waals surface area contributed by atoms with Gasteiger partial charge in [-0.2, -0.15) is 0 Å². The predicted octanol–water partition coefficient (Wildman–Crippen LogP) is 5.96. The van der Waals surface area contributed by atoms with Gasteiger partial charge in [0.15, 0.2) is 11.5 Å². The number of hydrogen-bond acceptors (Lipinski definition) is 4. The number of carbonyl (C=O) groups is 1. The fourth-order valence-electron chi connectivity index (χ4n) is 2.75. The minimum atomic E-state index is -0.400. The number of benzene rings is 2. The predicted molar refractivity (Wildman–Crippen MR) is 107 cm³/mol. The van der Waals surface area contributed by atoms with E-state index in [2.05, 4.69) is 13.8 Å². The van der Waals surface area contributed by atoms with Crippen molar-refractivity contribution >= 4 is 5.97 Å². The lowest BCUT2D eigenvalue weighted by Gasteiger charge is -2.16. The van der Waals surface area contributed by atoms with Gasteiger partial charge in [0, 0.05) is 6.61 Å². The Labute approximate surface area is 162 Å². The summed E-state index contributed by atoms with van der Waals surface area (Å²) in [5, 5.41) is 0. The second-order valence-corrected chi connectivity index (χ2v) is 6.69. The zero-order chi connectivity index (χ0) is 19.6. The lowest BCUT2D eigenvalue weighted by atomic mass is 10.1. The highest BCUT2D eigenvalue weighted by Crippen LogP contribution is 2.29. The summed E-state index contributed by atoms with van der Waals surface area (Å²) in [6.07, 6.45) is 3.04. The van der Waals surface area contributed by atoms with Crippen LogP contribution in [-0.2, 0) is 4.74 Å². The molecule has 0 fully saturated rings. The van der Waals surface area contributed by atoms with Gasteiger partial charge in [-0.15, -0.1) is 0 Å². The normalized spacial score (nSPS) is 13.0. The monoisotopic (exact) mass is 370 g/mol. The molecule has 0 bridgehead atoms. The third-order valence-corrected chi connectivity index (χ3v) is 4.26. The smallest absolute Gasteiger partial charge is 0.343 e. The first-order valence-corrected chi connectivity index (χ1v) is 9.74. The Hall–Kier alpha value is -2.33. The molecule has 2 aromatic rings. The van der Waals surface area contributed by atoms with Gasteiger partial charge in [0.1, 0.15) is 0 Å². The van der Waals surface area contributed by atoms with E-state index in [1.165, 1.54) is 0 Å². The number of esters is 1. The molecular formula is C23H30O4. The summed E-state index contributed by atoms with van der Waals surface area (Å²) in [6, 6.07) is 14.6. The van der Waals surface area contributed by atoms with Crippen LogP contribution >= 0.6 is 0 Å². The van der Waals surface area contributed by atoms with Gasteiger partial charge in [-0.05, 0) is 56.5 Å². The molecular weight excluding hydrogens is 340 g/mol. The van der Waals surface area contributed by atoms with Crippen molar-refractivity contribution in [1.29, 1.82) is 0 Å². The van der Waals surface area contributed by atoms with Crippen molar-refractivity contribution in [2.45, 2.75) is 59.2 Å². The second-order valence-electron chi connectivity index (χ2n) is 6.69. The van der Waals surface area contributed by atoms with Gasteiger partial charge in [-0.3, -0.25) is 0 Å². The van der Waals surface area contributed by atoms with Gasteiger partial charge in [0.25, 0.3) is 0 Å². The number of hydrogen-bond donors (Lipinski definition) is 0. The summed E-state index contributed by atoms with van der Waals surface area (Å²) in [6.45, 7) is 8.94. The van der Waals surface area contributed by atoms with Crippen LogP contribution < -0.4 is 9.47 Å². The molecule has 0 amide bonds. The molecule has 0 aliphatic heterocycles. The van der Waals surface area contributed by atoms with E-state index in [-0.39, 0.29) is 12.2 Å². The highest BCUT2D eigenvalue weighted by atomic mass is 16.6. The number of ether oxygens (including phenoxy) is 3. The van der Waals surface area contributed by atoms with Crippen molar-refractivity contribution in [3.8, 4) is 11.5 Å². The summed E-state index contributed by atoms with van der Waals surface area (Å²) in [7, 11) is 0. The van der Waals surface area contributed by atoms with E-state index in [4.69, 9.17) is 14.2 Å². The fourth-order valence-corrected chi connectivity index (χ4v) is 2.75. The van der Waals surface area contributed by atoms with E-state index in [0.717, 1.165) is 31.4 Å². The average molecular weight is 370 g/mol. The minimum absolute atomic E-state index is 0.00389. The maximum absolute atomic E-state index is 12.5. The van der Waals surface area contributed by atoms with Crippen LogP contribution in [-0.4, -0.2) is 18.7 Å². The Balaban J connectivity index is 2.05. The lowest BCUT2D eigenvalue weighted by Crippen LogP contribution is -2.14. The molecule has 0 saturated carbocycles. The van der Waals surface area contributed by atoms with Crippen LogP contribution in [0, 0.1) is 0 Å². The molecule has 146 valence electrons. The molecule has 4 heteroatoms. The SMILES string of the molecule is CCCOC(C)c1ccc(C(=O)Oc2ccccc2OC(C)CCC)cc1. The Bertz CT molecular complexity index is 709. The molecule has 0 saturated heterocycles. The van der Waals surface area contributed by atoms with Crippen LogP contribution in [0.2, 0.25) is 0 Å². The Morgan fingerprint density at radius 1 is 0.926 bits per heavy atom. The zero-order valence-electron chi connectivity index (χ0n) is 16.7. The molecule has 0 aromatic heterocycles. The van der Waals surface area contributed by atoms with Gasteiger partial charge in [-0.25, -0.2) is 4.79 Å². The van der Waals surface area contributed by atoms with Crippen molar-refractivity contribution in [3.63, 3.8) is 0 Å². The standard InChI is InChI=1S/C23H30O4/c1-5-9-17(3)26-21-10-7-8-11-22(21)27-23(24)20-14-12-19(13-15-20)18(4)25-16-6-2/h7-8,10-15,17-18H,5-6,9,16H2,1-4H3. The number of rotatable bonds is 10. The minimum Gasteiger partial charge on any atom is -0.487 e. The summed E-state index contributed by atoms with van der Waals surface area (Å²) in [5.41, 5.74) is 1.54. The Kier molecular flexibility index (Phi) is 8.34. The van der Waals surface area contributed by atoms with Crippen molar-refractivity contribution in [2.24, 2.45) is 0 Å². The fraction of sp³-hybridized carbons (Fsp3) is 0.435. The first-order chi connectivity index (χ1) is 13.0. The third-order valence-electron chi connectivity index (χ3n) is 4.26. The van der Waals surface area contributed by atoms with Crippen molar-refractivity contribution in [3.05, 3.63) is 59.7 Å². The highest BCUT2D eigenvalue weighted by Gasteiger charge is 2.15. The quantitative estimate of drug-likeness (QED) is 0.382. The van der Waals surface area contributed by atoms with Gasteiger partial charge in [0.2, 0.25) is 0 Å².